The Bertz CT molecular complexity index is 1310. The molecule has 3 aliphatic heterocycles. The molecule has 43 heavy (non-hydrogen) atoms. The van der Waals surface area contributed by atoms with Gasteiger partial charge < -0.3 is 34.8 Å². The third-order valence-electron chi connectivity index (χ3n) is 7.72. The van der Waals surface area contributed by atoms with E-state index in [4.69, 9.17) is 24.3 Å². The molecule has 17 heteroatoms. The van der Waals surface area contributed by atoms with Crippen LogP contribution in [0.2, 0.25) is 0 Å². The van der Waals surface area contributed by atoms with E-state index in [1.165, 1.54) is 19.1 Å². The fourth-order valence-electron chi connectivity index (χ4n) is 5.41. The molecule has 1 saturated carbocycles. The van der Waals surface area contributed by atoms with Crippen LogP contribution in [0.25, 0.3) is 0 Å². The Balaban J connectivity index is 1.32. The first-order chi connectivity index (χ1) is 20.3. The van der Waals surface area contributed by atoms with Crippen molar-refractivity contribution in [3.63, 3.8) is 0 Å². The van der Waals surface area contributed by atoms with Gasteiger partial charge in [-0.2, -0.15) is 5.09 Å². The number of nitrogens with one attached hydrogen (secondary N) is 2. The van der Waals surface area contributed by atoms with Crippen LogP contribution in [-0.2, 0) is 28.2 Å². The van der Waals surface area contributed by atoms with Crippen LogP contribution in [0.1, 0.15) is 46.0 Å². The Morgan fingerprint density at radius 3 is 2.72 bits per heavy atom. The lowest BCUT2D eigenvalue weighted by atomic mass is 9.94. The highest BCUT2D eigenvalue weighted by Gasteiger charge is 2.66. The van der Waals surface area contributed by atoms with Crippen molar-refractivity contribution in [2.45, 2.75) is 94.1 Å². The van der Waals surface area contributed by atoms with Crippen molar-refractivity contribution in [2.24, 2.45) is 15.7 Å². The zero-order valence-electron chi connectivity index (χ0n) is 23.7. The maximum absolute atomic E-state index is 16.3. The number of rotatable bonds is 10. The summed E-state index contributed by atoms with van der Waals surface area (Å²) in [4.78, 5) is 34.4. The van der Waals surface area contributed by atoms with Gasteiger partial charge in [0.25, 0.3) is 11.8 Å². The van der Waals surface area contributed by atoms with Gasteiger partial charge in [-0.3, -0.25) is 24.4 Å². The molecule has 1 aromatic rings. The summed E-state index contributed by atoms with van der Waals surface area (Å²) >= 11 is 0. The number of fused-ring (bicyclic) bond motifs is 1. The number of carbonyl (C=O) groups excluding carboxylic acids is 2. The highest BCUT2D eigenvalue weighted by molar-refractivity contribution is 7.52. The standard InChI is InChI=1S/C26H36FN6O9P/c1-15(21(35)40-16-9-5-3-6-10-16)32-43(38,42-17-11-7-4-8-12-17)39-13-26(27)22(36)25(2,37)23(41-26)33-14-29-18-19(33)30-24(28)31-20(18)34/h4,7-8,11-12,14-16,18-19,22-23,36-37H,3,5-6,9-10,13H2,1-2H3,(H,32,38)(H3,28,30,31,34)/t15?,18?,19?,22-,23?,25+,26+,43?/m0/s1. The molecule has 15 nitrogen and oxygen atoms in total. The second-order valence-electron chi connectivity index (χ2n) is 11.2. The number of nitrogens with zero attached hydrogens (tertiary/aromatic N) is 3. The van der Waals surface area contributed by atoms with Crippen molar-refractivity contribution in [2.75, 3.05) is 6.61 Å². The first-order valence-corrected chi connectivity index (χ1v) is 15.6. The lowest BCUT2D eigenvalue weighted by molar-refractivity contribution is -0.208. The molecule has 5 unspecified atom stereocenters. The number of nitrogens with two attached hydrogens (primary N) is 1. The van der Waals surface area contributed by atoms with Crippen molar-refractivity contribution >= 4 is 31.9 Å². The highest BCUT2D eigenvalue weighted by atomic mass is 31.2. The number of aliphatic hydroxyl groups is 2. The number of halogens is 1. The summed E-state index contributed by atoms with van der Waals surface area (Å²) in [5, 5.41) is 26.8. The SMILES string of the molecule is CC(NP(=O)(OC[C@@]1(F)OC(N2C=NC3C(=O)NC(N)=NC32)[C@](C)(O)[C@@H]1O)Oc1ccccc1)C(=O)OC1CCCCC1. The smallest absolute Gasteiger partial charge is 0.459 e. The maximum atomic E-state index is 16.3. The van der Waals surface area contributed by atoms with E-state index >= 15 is 4.39 Å². The van der Waals surface area contributed by atoms with Crippen molar-refractivity contribution in [1.82, 2.24) is 15.3 Å². The van der Waals surface area contributed by atoms with Crippen molar-refractivity contribution in [1.29, 1.82) is 0 Å². The van der Waals surface area contributed by atoms with Crippen LogP contribution >= 0.6 is 7.75 Å². The Morgan fingerprint density at radius 2 is 2.02 bits per heavy atom. The highest BCUT2D eigenvalue weighted by Crippen LogP contribution is 2.49. The normalized spacial score (nSPS) is 34.6. The van der Waals surface area contributed by atoms with Crippen LogP contribution < -0.4 is 20.7 Å². The van der Waals surface area contributed by atoms with Gasteiger partial charge in [0.15, 0.2) is 24.4 Å². The lowest BCUT2D eigenvalue weighted by Crippen LogP contribution is -2.59. The van der Waals surface area contributed by atoms with Crippen molar-refractivity contribution < 1.29 is 47.3 Å². The third kappa shape index (κ3) is 6.54. The molecule has 0 spiro atoms. The Morgan fingerprint density at radius 1 is 1.33 bits per heavy atom. The van der Waals surface area contributed by atoms with Crippen LogP contribution in [0.5, 0.6) is 5.75 Å². The van der Waals surface area contributed by atoms with E-state index in [1.807, 2.05) is 0 Å². The fraction of sp³-hybridized carbons (Fsp3) is 0.615. The molecule has 1 aromatic carbocycles. The zero-order chi connectivity index (χ0) is 31.0. The fourth-order valence-corrected chi connectivity index (χ4v) is 6.92. The molecule has 8 atom stereocenters. The summed E-state index contributed by atoms with van der Waals surface area (Å²) in [6.07, 6.45) is 0.304. The van der Waals surface area contributed by atoms with Crippen LogP contribution in [0.3, 0.4) is 0 Å². The van der Waals surface area contributed by atoms with Gasteiger partial charge in [-0.05, 0) is 51.7 Å². The van der Waals surface area contributed by atoms with E-state index in [-0.39, 0.29) is 17.8 Å². The van der Waals surface area contributed by atoms with Gasteiger partial charge in [-0.15, -0.1) is 0 Å². The predicted molar refractivity (Wildman–Crippen MR) is 149 cm³/mol. The second-order valence-corrected chi connectivity index (χ2v) is 12.9. The van der Waals surface area contributed by atoms with Gasteiger partial charge >= 0.3 is 13.7 Å². The molecule has 1 saturated heterocycles. The summed E-state index contributed by atoms with van der Waals surface area (Å²) < 4.78 is 52.2. The molecule has 1 amide bonds. The molecule has 5 rings (SSSR count). The molecule has 0 radical (unpaired) electrons. The monoisotopic (exact) mass is 626 g/mol. The van der Waals surface area contributed by atoms with E-state index in [2.05, 4.69) is 20.4 Å². The minimum atomic E-state index is -4.55. The van der Waals surface area contributed by atoms with E-state index in [1.54, 1.807) is 18.2 Å². The average Bonchev–Trinajstić information content (AvgIpc) is 3.46. The number of esters is 1. The maximum Gasteiger partial charge on any atom is 0.459 e. The third-order valence-corrected chi connectivity index (χ3v) is 9.34. The quantitative estimate of drug-likeness (QED) is 0.179. The number of hydrogen-bond donors (Lipinski definition) is 5. The number of ether oxygens (including phenoxy) is 2. The van der Waals surface area contributed by atoms with Crippen molar-refractivity contribution in [3.8, 4) is 5.75 Å². The van der Waals surface area contributed by atoms with E-state index in [0.29, 0.717) is 0 Å². The van der Waals surface area contributed by atoms with E-state index < -0.39 is 68.3 Å². The van der Waals surface area contributed by atoms with Crippen LogP contribution in [0, 0.1) is 0 Å². The predicted octanol–water partition coefficient (Wildman–Crippen LogP) is 0.661. The van der Waals surface area contributed by atoms with Gasteiger partial charge in [0.05, 0.1) is 6.34 Å². The Hall–Kier alpha value is -3.14. The number of guanidine groups is 1. The summed E-state index contributed by atoms with van der Waals surface area (Å²) in [5.41, 5.74) is 3.37. The molecule has 236 valence electrons. The summed E-state index contributed by atoms with van der Waals surface area (Å²) in [6, 6.07) is 5.63. The number of para-hydroxylation sites is 1. The van der Waals surface area contributed by atoms with Gasteiger partial charge in [0.2, 0.25) is 0 Å². The Labute approximate surface area is 247 Å². The van der Waals surface area contributed by atoms with Gasteiger partial charge in [-0.1, -0.05) is 24.6 Å². The first-order valence-electron chi connectivity index (χ1n) is 14.0. The van der Waals surface area contributed by atoms with Crippen molar-refractivity contribution in [3.05, 3.63) is 30.3 Å². The second kappa shape index (κ2) is 12.1. The number of benzene rings is 1. The molecule has 0 aromatic heterocycles. The molecule has 0 bridgehead atoms. The molecular weight excluding hydrogens is 590 g/mol. The first kappa shape index (κ1) is 31.3. The molecular formula is C26H36FN6O9P. The number of aliphatic imine (C=N–C) groups is 2. The van der Waals surface area contributed by atoms with E-state index in [0.717, 1.165) is 50.3 Å². The summed E-state index contributed by atoms with van der Waals surface area (Å²) in [7, 11) is -4.55. The number of hydrogen-bond acceptors (Lipinski definition) is 13. The molecule has 4 aliphatic rings. The molecule has 2 fully saturated rings. The van der Waals surface area contributed by atoms with Gasteiger partial charge in [0, 0.05) is 0 Å². The zero-order valence-corrected chi connectivity index (χ0v) is 24.6. The summed E-state index contributed by atoms with van der Waals surface area (Å²) in [6.45, 7) is 1.31. The number of alkyl halides is 1. The molecule has 6 N–H and O–H groups in total. The van der Waals surface area contributed by atoms with Gasteiger partial charge in [0.1, 0.15) is 36.2 Å². The number of aliphatic hydroxyl groups excluding tert-OH is 1. The average molecular weight is 627 g/mol. The molecule has 3 heterocycles. The number of amides is 1. The molecule has 1 aliphatic carbocycles. The van der Waals surface area contributed by atoms with Crippen LogP contribution in [-0.4, -0.2) is 94.0 Å². The number of carbonyl (C=O) groups is 2. The Kier molecular flexibility index (Phi) is 8.80. The lowest BCUT2D eigenvalue weighted by Gasteiger charge is -2.36. The summed E-state index contributed by atoms with van der Waals surface area (Å²) in [5.74, 6) is -4.53. The van der Waals surface area contributed by atoms with Gasteiger partial charge in [-0.25, -0.2) is 13.9 Å². The minimum Gasteiger partial charge on any atom is -0.461 e. The van der Waals surface area contributed by atoms with Crippen LogP contribution in [0.15, 0.2) is 40.3 Å². The minimum absolute atomic E-state index is 0.0854. The topological polar surface area (TPSA) is 207 Å². The van der Waals surface area contributed by atoms with E-state index in [9.17, 15) is 24.4 Å². The largest absolute Gasteiger partial charge is 0.461 e. The van der Waals surface area contributed by atoms with Crippen LogP contribution in [0.4, 0.5) is 4.39 Å².